The van der Waals surface area contributed by atoms with Gasteiger partial charge in [0, 0.05) is 41.5 Å². The Balaban J connectivity index is 0.951. The highest BCUT2D eigenvalue weighted by Crippen LogP contribution is 2.31. The number of benzene rings is 8. The third-order valence-corrected chi connectivity index (χ3v) is 14.5. The molecule has 0 radical (unpaired) electrons. The predicted octanol–water partition coefficient (Wildman–Crippen LogP) is 13.5. The molecule has 0 spiro atoms. The zero-order valence-corrected chi connectivity index (χ0v) is 46.5. The largest absolute Gasteiger partial charge is 0.489 e. The quantitative estimate of drug-likeness (QED) is 0.0526. The Kier molecular flexibility index (Phi) is 19.2. The van der Waals surface area contributed by atoms with Crippen LogP contribution in [0.4, 0.5) is 10.5 Å². The van der Waals surface area contributed by atoms with Crippen LogP contribution in [0.25, 0.3) is 0 Å². The molecule has 0 aliphatic heterocycles. The molecular weight excluding hydrogens is 1040 g/mol. The molecule has 0 saturated heterocycles. The van der Waals surface area contributed by atoms with Crippen molar-refractivity contribution in [2.45, 2.75) is 109 Å². The fourth-order valence-electron chi connectivity index (χ4n) is 9.02. The van der Waals surface area contributed by atoms with Crippen LogP contribution in [-0.2, 0) is 54.4 Å². The fraction of sp³-hybridized carbons (Fsp3) is 0.242. The highest BCUT2D eigenvalue weighted by Gasteiger charge is 2.32. The van der Waals surface area contributed by atoms with Crippen molar-refractivity contribution in [1.82, 2.24) is 10.0 Å². The lowest BCUT2D eigenvalue weighted by Crippen LogP contribution is -2.53. The number of rotatable bonds is 24. The number of carbonyl (C=O) groups is 2. The van der Waals surface area contributed by atoms with Gasteiger partial charge in [-0.1, -0.05) is 134 Å². The summed E-state index contributed by atoms with van der Waals surface area (Å²) in [5.74, 6) is 2.52. The van der Waals surface area contributed by atoms with E-state index in [9.17, 15) is 18.0 Å². The number of nitrogens with one attached hydrogen (secondary N) is 3. The van der Waals surface area contributed by atoms with Crippen LogP contribution >= 0.6 is 0 Å². The van der Waals surface area contributed by atoms with Crippen molar-refractivity contribution >= 4 is 27.7 Å². The average molecular weight is 1110 g/mol. The van der Waals surface area contributed by atoms with Gasteiger partial charge >= 0.3 is 6.09 Å². The predicted molar refractivity (Wildman–Crippen MR) is 311 cm³/mol. The van der Waals surface area contributed by atoms with Gasteiger partial charge in [0.2, 0.25) is 10.0 Å². The Morgan fingerprint density at radius 2 is 0.790 bits per heavy atom. The molecule has 2 amide bonds. The smallest absolute Gasteiger partial charge is 0.407 e. The summed E-state index contributed by atoms with van der Waals surface area (Å²) in [6.45, 7) is 6.83. The van der Waals surface area contributed by atoms with E-state index in [0.717, 1.165) is 46.2 Å². The van der Waals surface area contributed by atoms with E-state index in [1.54, 1.807) is 39.0 Å². The summed E-state index contributed by atoms with van der Waals surface area (Å²) in [7, 11) is -4.03. The van der Waals surface area contributed by atoms with Gasteiger partial charge in [0.1, 0.15) is 79.7 Å². The van der Waals surface area contributed by atoms with Crippen molar-refractivity contribution in [3.05, 3.63) is 239 Å². The SMILES string of the molecule is CC(C)(C)OC(=O)N[C@@H]1CCCC[C@H]1NS(=O)(=O)c1ccc(NC(=O)c2cc(OCc3cc(OCc4ccccc4)cc(OCc4ccccc4)c3)cc(OCc3cc(OCc4ccccc4)cc(OCc4ccccc4)c3)c2)cc1. The Hall–Kier alpha value is -8.79. The second-order valence-electron chi connectivity index (χ2n) is 20.7. The standard InChI is InChI=1S/C66H67N3O11S/c1-66(2,3)80-65(71)68-62-26-16-17-27-63(62)69-81(72,73)61-30-28-54(29-31-61)67-64(70)53-36-59(78-45-51-32-55(74-41-47-18-8-4-9-19-47)38-56(33-51)75-42-48-20-10-5-11-21-48)40-60(37-53)79-46-52-34-57(76-43-49-22-12-6-13-23-49)39-58(35-52)77-44-50-24-14-7-15-25-50/h4-15,18-25,28-40,62-63,69H,16-17,26-27,41-46H2,1-3H3,(H,67,70)(H,68,71)/t62-,63-/m1/s1. The van der Waals surface area contributed by atoms with Gasteiger partial charge in [-0.25, -0.2) is 17.9 Å². The summed E-state index contributed by atoms with van der Waals surface area (Å²) >= 11 is 0. The summed E-state index contributed by atoms with van der Waals surface area (Å²) in [5, 5.41) is 5.77. The zero-order valence-electron chi connectivity index (χ0n) is 45.7. The van der Waals surface area contributed by atoms with Gasteiger partial charge in [0.25, 0.3) is 5.91 Å². The van der Waals surface area contributed by atoms with Crippen LogP contribution in [0.1, 0.15) is 90.2 Å². The minimum atomic E-state index is -4.03. The molecule has 1 fully saturated rings. The van der Waals surface area contributed by atoms with E-state index in [1.807, 2.05) is 158 Å². The molecule has 8 aromatic carbocycles. The van der Waals surface area contributed by atoms with Gasteiger partial charge in [-0.15, -0.1) is 0 Å². The maximum Gasteiger partial charge on any atom is 0.407 e. The first-order chi connectivity index (χ1) is 39.2. The zero-order chi connectivity index (χ0) is 56.4. The van der Waals surface area contributed by atoms with E-state index in [2.05, 4.69) is 15.4 Å². The van der Waals surface area contributed by atoms with E-state index in [-0.39, 0.29) is 23.7 Å². The monoisotopic (exact) mass is 1110 g/mol. The van der Waals surface area contributed by atoms with Crippen LogP contribution < -0.4 is 43.8 Å². The van der Waals surface area contributed by atoms with Crippen molar-refractivity contribution in [3.8, 4) is 34.5 Å². The minimum absolute atomic E-state index is 0.000472. The highest BCUT2D eigenvalue weighted by atomic mass is 32.2. The van der Waals surface area contributed by atoms with Crippen molar-refractivity contribution in [3.63, 3.8) is 0 Å². The molecule has 1 saturated carbocycles. The van der Waals surface area contributed by atoms with Crippen LogP contribution in [0.2, 0.25) is 0 Å². The first-order valence-electron chi connectivity index (χ1n) is 27.0. The van der Waals surface area contributed by atoms with E-state index >= 15 is 0 Å². The molecule has 1 aliphatic carbocycles. The molecular formula is C66H67N3O11S. The average Bonchev–Trinajstić information content (AvgIpc) is 3.48. The maximum atomic E-state index is 14.3. The molecule has 0 aromatic heterocycles. The molecule has 14 nitrogen and oxygen atoms in total. The van der Waals surface area contributed by atoms with Gasteiger partial charge in [-0.3, -0.25) is 4.79 Å². The van der Waals surface area contributed by atoms with E-state index in [4.69, 9.17) is 33.2 Å². The number of amides is 2. The lowest BCUT2D eigenvalue weighted by Gasteiger charge is -2.33. The Morgan fingerprint density at radius 3 is 1.16 bits per heavy atom. The number of carbonyl (C=O) groups excluding carboxylic acids is 2. The number of ether oxygens (including phenoxy) is 7. The van der Waals surface area contributed by atoms with Crippen LogP contribution in [0.5, 0.6) is 34.5 Å². The van der Waals surface area contributed by atoms with Crippen molar-refractivity contribution in [2.24, 2.45) is 0 Å². The normalized spacial score (nSPS) is 14.2. The van der Waals surface area contributed by atoms with Crippen LogP contribution in [0.15, 0.2) is 205 Å². The molecule has 0 bridgehead atoms. The van der Waals surface area contributed by atoms with Gasteiger partial charge in [0.05, 0.1) is 4.90 Å². The Morgan fingerprint density at radius 1 is 0.444 bits per heavy atom. The molecule has 15 heteroatoms. The third-order valence-electron chi connectivity index (χ3n) is 13.0. The van der Waals surface area contributed by atoms with Crippen LogP contribution in [0.3, 0.4) is 0 Å². The number of alkyl carbamates (subject to hydrolysis) is 1. The van der Waals surface area contributed by atoms with Gasteiger partial charge in [-0.2, -0.15) is 0 Å². The molecule has 9 rings (SSSR count). The fourth-order valence-corrected chi connectivity index (χ4v) is 10.3. The first-order valence-corrected chi connectivity index (χ1v) is 28.5. The number of anilines is 1. The van der Waals surface area contributed by atoms with E-state index in [1.165, 1.54) is 24.3 Å². The number of hydrogen-bond acceptors (Lipinski definition) is 11. The number of sulfonamides is 1. The van der Waals surface area contributed by atoms with Gasteiger partial charge in [0.15, 0.2) is 0 Å². The topological polar surface area (TPSA) is 169 Å². The molecule has 418 valence electrons. The van der Waals surface area contributed by atoms with Crippen LogP contribution in [0, 0.1) is 0 Å². The summed E-state index contributed by atoms with van der Waals surface area (Å²) in [4.78, 5) is 27.0. The van der Waals surface area contributed by atoms with Crippen molar-refractivity contribution < 1.29 is 51.2 Å². The Bertz CT molecular complexity index is 3160. The summed E-state index contributed by atoms with van der Waals surface area (Å²) in [6.07, 6.45) is 2.18. The molecule has 1 aliphatic rings. The molecule has 2 atom stereocenters. The second-order valence-corrected chi connectivity index (χ2v) is 22.5. The van der Waals surface area contributed by atoms with Crippen molar-refractivity contribution in [1.29, 1.82) is 0 Å². The first kappa shape index (κ1) is 56.9. The van der Waals surface area contributed by atoms with Crippen molar-refractivity contribution in [2.75, 3.05) is 5.32 Å². The lowest BCUT2D eigenvalue weighted by atomic mass is 9.91. The summed E-state index contributed by atoms with van der Waals surface area (Å²) < 4.78 is 73.9. The summed E-state index contributed by atoms with van der Waals surface area (Å²) in [5.41, 5.74) is 5.38. The lowest BCUT2D eigenvalue weighted by molar-refractivity contribution is 0.0482. The second kappa shape index (κ2) is 27.4. The number of hydrogen-bond donors (Lipinski definition) is 3. The molecule has 0 unspecified atom stereocenters. The highest BCUT2D eigenvalue weighted by molar-refractivity contribution is 7.89. The van der Waals surface area contributed by atoms with Gasteiger partial charge < -0.3 is 43.8 Å². The van der Waals surface area contributed by atoms with E-state index in [0.29, 0.717) is 79.5 Å². The molecule has 8 aromatic rings. The molecule has 81 heavy (non-hydrogen) atoms. The van der Waals surface area contributed by atoms with Gasteiger partial charge in [-0.05, 0) is 128 Å². The molecule has 3 N–H and O–H groups in total. The Labute approximate surface area is 474 Å². The van der Waals surface area contributed by atoms with E-state index < -0.39 is 39.7 Å². The van der Waals surface area contributed by atoms with Crippen LogP contribution in [-0.4, -0.2) is 38.1 Å². The molecule has 0 heterocycles. The third kappa shape index (κ3) is 17.9. The minimum Gasteiger partial charge on any atom is -0.489 e. The summed E-state index contributed by atoms with van der Waals surface area (Å²) in [6, 6.07) is 60.7. The maximum absolute atomic E-state index is 14.3.